The Morgan fingerprint density at radius 3 is 2.56 bits per heavy atom. The zero-order chi connectivity index (χ0) is 17.5. The second kappa shape index (κ2) is 8.89. The fourth-order valence-corrected chi connectivity index (χ4v) is 3.41. The first-order valence-corrected chi connectivity index (χ1v) is 9.43. The summed E-state index contributed by atoms with van der Waals surface area (Å²) in [7, 11) is 0. The van der Waals surface area contributed by atoms with Gasteiger partial charge in [-0.05, 0) is 23.9 Å². The van der Waals surface area contributed by atoms with Crippen molar-refractivity contribution in [3.63, 3.8) is 0 Å². The van der Waals surface area contributed by atoms with Gasteiger partial charge in [-0.15, -0.1) is 11.3 Å². The Labute approximate surface area is 153 Å². The van der Waals surface area contributed by atoms with E-state index in [0.717, 1.165) is 37.6 Å². The van der Waals surface area contributed by atoms with Crippen LogP contribution in [-0.2, 0) is 11.3 Å². The van der Waals surface area contributed by atoms with Gasteiger partial charge in [-0.1, -0.05) is 35.9 Å². The summed E-state index contributed by atoms with van der Waals surface area (Å²) in [5, 5.41) is 5.99. The van der Waals surface area contributed by atoms with Gasteiger partial charge in [0.2, 0.25) is 0 Å². The molecule has 1 aliphatic rings. The van der Waals surface area contributed by atoms with Crippen LogP contribution in [0, 0.1) is 6.92 Å². The van der Waals surface area contributed by atoms with Crippen molar-refractivity contribution in [2.45, 2.75) is 13.5 Å². The number of hydrogen-bond donors (Lipinski definition) is 1. The van der Waals surface area contributed by atoms with Gasteiger partial charge >= 0.3 is 0 Å². The van der Waals surface area contributed by atoms with Gasteiger partial charge in [-0.3, -0.25) is 14.6 Å². The van der Waals surface area contributed by atoms with E-state index in [1.54, 1.807) is 17.6 Å². The molecule has 25 heavy (non-hydrogen) atoms. The summed E-state index contributed by atoms with van der Waals surface area (Å²) >= 11 is 1.60. The average molecular weight is 356 g/mol. The molecular weight excluding hydrogens is 332 g/mol. The van der Waals surface area contributed by atoms with Gasteiger partial charge in [0.05, 0.1) is 12.8 Å². The summed E-state index contributed by atoms with van der Waals surface area (Å²) in [4.78, 5) is 17.6. The highest BCUT2D eigenvalue weighted by molar-refractivity contribution is 7.11. The maximum Gasteiger partial charge on any atom is 0.254 e. The molecule has 3 rings (SSSR count). The third-order valence-electron chi connectivity index (χ3n) is 4.28. The lowest BCUT2D eigenvalue weighted by atomic mass is 10.1. The molecule has 5 nitrogen and oxygen atoms in total. The first-order chi connectivity index (χ1) is 12.2. The van der Waals surface area contributed by atoms with Crippen LogP contribution in [0.1, 0.15) is 16.0 Å². The Hall–Kier alpha value is -2.02. The van der Waals surface area contributed by atoms with Crippen molar-refractivity contribution in [2.75, 3.05) is 32.7 Å². The highest BCUT2D eigenvalue weighted by atomic mass is 32.1. The van der Waals surface area contributed by atoms with Crippen LogP contribution in [0.2, 0.25) is 0 Å². The summed E-state index contributed by atoms with van der Waals surface area (Å²) in [6.07, 6.45) is 1.68. The lowest BCUT2D eigenvalue weighted by molar-refractivity contribution is -0.122. The molecular formula is C19H24N4OS. The summed E-state index contributed by atoms with van der Waals surface area (Å²) in [5.41, 5.74) is 5.25. The third kappa shape index (κ3) is 5.77. The van der Waals surface area contributed by atoms with Crippen LogP contribution in [-0.4, -0.2) is 54.6 Å². The topological polar surface area (TPSA) is 47.9 Å². The number of amides is 1. The Balaban J connectivity index is 1.37. The van der Waals surface area contributed by atoms with E-state index in [0.29, 0.717) is 6.54 Å². The minimum atomic E-state index is -0.0557. The molecule has 1 amide bonds. The minimum Gasteiger partial charge on any atom is -0.297 e. The minimum absolute atomic E-state index is 0.0557. The first kappa shape index (κ1) is 17.8. The molecule has 6 heteroatoms. The summed E-state index contributed by atoms with van der Waals surface area (Å²) < 4.78 is 0. The van der Waals surface area contributed by atoms with Gasteiger partial charge in [0.1, 0.15) is 0 Å². The van der Waals surface area contributed by atoms with E-state index in [1.807, 2.05) is 17.5 Å². The Bertz CT molecular complexity index is 689. The number of piperazine rings is 1. The second-order valence-electron chi connectivity index (χ2n) is 6.35. The average Bonchev–Trinajstić information content (AvgIpc) is 3.12. The van der Waals surface area contributed by atoms with Gasteiger partial charge in [-0.25, -0.2) is 5.43 Å². The number of hydrazone groups is 1. The fourth-order valence-electron chi connectivity index (χ4n) is 2.83. The van der Waals surface area contributed by atoms with E-state index in [9.17, 15) is 4.79 Å². The first-order valence-electron chi connectivity index (χ1n) is 8.55. The highest BCUT2D eigenvalue weighted by Gasteiger charge is 2.18. The van der Waals surface area contributed by atoms with Crippen LogP contribution in [0.4, 0.5) is 0 Å². The second-order valence-corrected chi connectivity index (χ2v) is 7.33. The van der Waals surface area contributed by atoms with E-state index in [-0.39, 0.29) is 5.91 Å². The number of nitrogens with one attached hydrogen (secondary N) is 1. The monoisotopic (exact) mass is 356 g/mol. The summed E-state index contributed by atoms with van der Waals surface area (Å²) in [6, 6.07) is 12.6. The SMILES string of the molecule is Cc1ccc(CN2CCN(CC(=O)N/N=C/c3cccs3)CC2)cc1. The van der Waals surface area contributed by atoms with Crippen molar-refractivity contribution in [3.8, 4) is 0 Å². The fraction of sp³-hybridized carbons (Fsp3) is 0.368. The molecule has 0 atom stereocenters. The van der Waals surface area contributed by atoms with Crippen molar-refractivity contribution in [1.29, 1.82) is 0 Å². The summed E-state index contributed by atoms with van der Waals surface area (Å²) in [5.74, 6) is -0.0557. The molecule has 0 radical (unpaired) electrons. The van der Waals surface area contributed by atoms with Crippen molar-refractivity contribution in [3.05, 3.63) is 57.8 Å². The zero-order valence-electron chi connectivity index (χ0n) is 14.5. The number of aryl methyl sites for hydroxylation is 1. The maximum absolute atomic E-state index is 12.0. The van der Waals surface area contributed by atoms with Crippen LogP contribution in [0.5, 0.6) is 0 Å². The molecule has 1 fully saturated rings. The van der Waals surface area contributed by atoms with E-state index in [2.05, 4.69) is 51.5 Å². The Kier molecular flexibility index (Phi) is 6.33. The van der Waals surface area contributed by atoms with Crippen LogP contribution in [0.25, 0.3) is 0 Å². The quantitative estimate of drug-likeness (QED) is 0.638. The molecule has 1 aromatic heterocycles. The Morgan fingerprint density at radius 2 is 1.88 bits per heavy atom. The van der Waals surface area contributed by atoms with E-state index >= 15 is 0 Å². The number of rotatable bonds is 6. The predicted octanol–water partition coefficient (Wildman–Crippen LogP) is 2.32. The van der Waals surface area contributed by atoms with Gasteiger partial charge < -0.3 is 0 Å². The van der Waals surface area contributed by atoms with Crippen LogP contribution >= 0.6 is 11.3 Å². The van der Waals surface area contributed by atoms with Gasteiger partial charge in [0.15, 0.2) is 0 Å². The number of nitrogens with zero attached hydrogens (tertiary/aromatic N) is 3. The molecule has 1 saturated heterocycles. The van der Waals surface area contributed by atoms with Crippen molar-refractivity contribution in [1.82, 2.24) is 15.2 Å². The molecule has 0 unspecified atom stereocenters. The smallest absolute Gasteiger partial charge is 0.254 e. The van der Waals surface area contributed by atoms with E-state index < -0.39 is 0 Å². The molecule has 2 heterocycles. The maximum atomic E-state index is 12.0. The molecule has 2 aromatic rings. The molecule has 1 aromatic carbocycles. The van der Waals surface area contributed by atoms with Crippen molar-refractivity contribution < 1.29 is 4.79 Å². The number of carbonyl (C=O) groups is 1. The number of thiophene rings is 1. The molecule has 0 saturated carbocycles. The van der Waals surface area contributed by atoms with Crippen LogP contribution in [0.3, 0.4) is 0 Å². The number of benzene rings is 1. The molecule has 1 aliphatic heterocycles. The molecule has 1 N–H and O–H groups in total. The lowest BCUT2D eigenvalue weighted by Crippen LogP contribution is -2.48. The summed E-state index contributed by atoms with van der Waals surface area (Å²) in [6.45, 7) is 7.28. The Morgan fingerprint density at radius 1 is 1.16 bits per heavy atom. The number of hydrogen-bond acceptors (Lipinski definition) is 5. The molecule has 132 valence electrons. The van der Waals surface area contributed by atoms with Gasteiger partial charge in [0.25, 0.3) is 5.91 Å². The van der Waals surface area contributed by atoms with E-state index in [1.165, 1.54) is 11.1 Å². The molecule has 0 aliphatic carbocycles. The molecule has 0 spiro atoms. The zero-order valence-corrected chi connectivity index (χ0v) is 15.3. The van der Waals surface area contributed by atoms with Crippen molar-refractivity contribution in [2.24, 2.45) is 5.10 Å². The highest BCUT2D eigenvalue weighted by Crippen LogP contribution is 2.09. The van der Waals surface area contributed by atoms with Gasteiger partial charge in [-0.2, -0.15) is 5.10 Å². The predicted molar refractivity (Wildman–Crippen MR) is 103 cm³/mol. The standard InChI is InChI=1S/C19H24N4OS/c1-16-4-6-17(7-5-16)14-22-8-10-23(11-9-22)15-19(24)21-20-13-18-3-2-12-25-18/h2-7,12-13H,8-11,14-15H2,1H3,(H,21,24)/b20-13+. The third-order valence-corrected chi connectivity index (χ3v) is 5.09. The normalized spacial score (nSPS) is 16.4. The van der Waals surface area contributed by atoms with Gasteiger partial charge in [0, 0.05) is 37.6 Å². The van der Waals surface area contributed by atoms with Crippen LogP contribution < -0.4 is 5.43 Å². The van der Waals surface area contributed by atoms with E-state index in [4.69, 9.17) is 0 Å². The number of carbonyl (C=O) groups excluding carboxylic acids is 1. The largest absolute Gasteiger partial charge is 0.297 e. The van der Waals surface area contributed by atoms with Crippen LogP contribution in [0.15, 0.2) is 46.9 Å². The van der Waals surface area contributed by atoms with Crippen molar-refractivity contribution >= 4 is 23.5 Å². The molecule has 0 bridgehead atoms. The lowest BCUT2D eigenvalue weighted by Gasteiger charge is -2.34.